The maximum Gasteiger partial charge on any atom is 0.261 e. The van der Waals surface area contributed by atoms with Crippen LogP contribution in [0.5, 0.6) is 0 Å². The Hall–Kier alpha value is -3.36. The number of benzene rings is 3. The molecule has 2 N–H and O–H groups in total. The zero-order chi connectivity index (χ0) is 24.5. The molecule has 1 aliphatic rings. The summed E-state index contributed by atoms with van der Waals surface area (Å²) in [6.07, 6.45) is 1.92. The quantitative estimate of drug-likeness (QED) is 0.421. The van der Waals surface area contributed by atoms with Crippen LogP contribution in [0.2, 0.25) is 0 Å². The first-order valence-corrected chi connectivity index (χ1v) is 13.5. The minimum absolute atomic E-state index is 0.116. The molecule has 0 aromatic heterocycles. The SMILES string of the molecule is O=C(NCCCCN1CCN(c2ccccc2)CC1)c1ccc(S(=O)(=O)Nc2ccccc2)cc1. The van der Waals surface area contributed by atoms with Crippen LogP contribution in [0.15, 0.2) is 89.8 Å². The molecule has 0 bridgehead atoms. The second-order valence-electron chi connectivity index (χ2n) is 8.62. The summed E-state index contributed by atoms with van der Waals surface area (Å²) >= 11 is 0. The lowest BCUT2D eigenvalue weighted by Crippen LogP contribution is -2.46. The van der Waals surface area contributed by atoms with Crippen molar-refractivity contribution in [2.45, 2.75) is 17.7 Å². The highest BCUT2D eigenvalue weighted by Gasteiger charge is 2.17. The van der Waals surface area contributed by atoms with E-state index in [0.29, 0.717) is 17.8 Å². The van der Waals surface area contributed by atoms with Gasteiger partial charge in [0, 0.05) is 49.7 Å². The number of nitrogens with one attached hydrogen (secondary N) is 2. The van der Waals surface area contributed by atoms with E-state index < -0.39 is 10.0 Å². The number of carbonyl (C=O) groups is 1. The van der Waals surface area contributed by atoms with Crippen molar-refractivity contribution in [2.24, 2.45) is 0 Å². The first-order valence-electron chi connectivity index (χ1n) is 12.0. The largest absolute Gasteiger partial charge is 0.369 e. The molecule has 0 unspecified atom stereocenters. The van der Waals surface area contributed by atoms with E-state index in [4.69, 9.17) is 0 Å². The molecule has 1 heterocycles. The Kier molecular flexibility index (Phi) is 8.39. The number of hydrogen-bond acceptors (Lipinski definition) is 5. The van der Waals surface area contributed by atoms with Gasteiger partial charge in [-0.05, 0) is 67.9 Å². The molecular weight excluding hydrogens is 460 g/mol. The summed E-state index contributed by atoms with van der Waals surface area (Å²) in [5.41, 5.74) is 2.22. The lowest BCUT2D eigenvalue weighted by Gasteiger charge is -2.36. The van der Waals surface area contributed by atoms with Gasteiger partial charge in [0.15, 0.2) is 0 Å². The summed E-state index contributed by atoms with van der Waals surface area (Å²) in [6.45, 7) is 5.80. The van der Waals surface area contributed by atoms with Crippen LogP contribution in [-0.4, -0.2) is 58.5 Å². The molecule has 35 heavy (non-hydrogen) atoms. The predicted octanol–water partition coefficient (Wildman–Crippen LogP) is 3.82. The van der Waals surface area contributed by atoms with Gasteiger partial charge in [0.2, 0.25) is 0 Å². The van der Waals surface area contributed by atoms with Gasteiger partial charge in [-0.25, -0.2) is 8.42 Å². The lowest BCUT2D eigenvalue weighted by atomic mass is 10.2. The van der Waals surface area contributed by atoms with Crippen LogP contribution < -0.4 is 14.9 Å². The second-order valence-corrected chi connectivity index (χ2v) is 10.3. The van der Waals surface area contributed by atoms with Crippen LogP contribution in [0.4, 0.5) is 11.4 Å². The van der Waals surface area contributed by atoms with E-state index in [1.54, 1.807) is 36.4 Å². The van der Waals surface area contributed by atoms with Gasteiger partial charge >= 0.3 is 0 Å². The molecule has 0 saturated carbocycles. The van der Waals surface area contributed by atoms with Crippen LogP contribution in [0.3, 0.4) is 0 Å². The fraction of sp³-hybridized carbons (Fsp3) is 0.296. The third kappa shape index (κ3) is 7.07. The first-order chi connectivity index (χ1) is 17.0. The molecule has 184 valence electrons. The minimum atomic E-state index is -3.70. The van der Waals surface area contributed by atoms with E-state index in [2.05, 4.69) is 44.1 Å². The van der Waals surface area contributed by atoms with Crippen LogP contribution >= 0.6 is 0 Å². The molecule has 1 aliphatic heterocycles. The van der Waals surface area contributed by atoms with E-state index in [1.165, 1.54) is 17.8 Å². The van der Waals surface area contributed by atoms with E-state index in [1.807, 2.05) is 12.1 Å². The van der Waals surface area contributed by atoms with E-state index >= 15 is 0 Å². The molecule has 0 spiro atoms. The Morgan fingerprint density at radius 3 is 2.06 bits per heavy atom. The Morgan fingerprint density at radius 2 is 1.40 bits per heavy atom. The number of hydrogen-bond donors (Lipinski definition) is 2. The number of carbonyl (C=O) groups excluding carboxylic acids is 1. The topological polar surface area (TPSA) is 81.8 Å². The van der Waals surface area contributed by atoms with Crippen molar-refractivity contribution in [3.8, 4) is 0 Å². The van der Waals surface area contributed by atoms with Crippen molar-refractivity contribution in [2.75, 3.05) is 48.9 Å². The van der Waals surface area contributed by atoms with Crippen LogP contribution in [0, 0.1) is 0 Å². The summed E-state index contributed by atoms with van der Waals surface area (Å²) in [6, 6.07) is 25.2. The number of para-hydroxylation sites is 2. The molecule has 8 heteroatoms. The molecule has 1 fully saturated rings. The highest BCUT2D eigenvalue weighted by molar-refractivity contribution is 7.92. The van der Waals surface area contributed by atoms with Gasteiger partial charge in [0.1, 0.15) is 0 Å². The summed E-state index contributed by atoms with van der Waals surface area (Å²) in [5, 5.41) is 2.93. The molecule has 4 rings (SSSR count). The predicted molar refractivity (Wildman–Crippen MR) is 140 cm³/mol. The molecule has 0 aliphatic carbocycles. The lowest BCUT2D eigenvalue weighted by molar-refractivity contribution is 0.0952. The Morgan fingerprint density at radius 1 is 0.771 bits per heavy atom. The Labute approximate surface area is 207 Å². The highest BCUT2D eigenvalue weighted by atomic mass is 32.2. The summed E-state index contributed by atoms with van der Waals surface area (Å²) in [5.74, 6) is -0.193. The zero-order valence-corrected chi connectivity index (χ0v) is 20.6. The fourth-order valence-electron chi connectivity index (χ4n) is 4.14. The van der Waals surface area contributed by atoms with Gasteiger partial charge in [-0.1, -0.05) is 36.4 Å². The van der Waals surface area contributed by atoms with Crippen molar-refractivity contribution >= 4 is 27.3 Å². The fourth-order valence-corrected chi connectivity index (χ4v) is 5.20. The van der Waals surface area contributed by atoms with E-state index in [9.17, 15) is 13.2 Å². The standard InChI is InChI=1S/C27H32N4O3S/c32-27(23-13-15-26(16-14-23)35(33,34)29-24-9-3-1-4-10-24)28-17-7-8-18-30-19-21-31(22-20-30)25-11-5-2-6-12-25/h1-6,9-16,29H,7-8,17-22H2,(H,28,32). The van der Waals surface area contributed by atoms with Crippen LogP contribution in [0.1, 0.15) is 23.2 Å². The van der Waals surface area contributed by atoms with Gasteiger partial charge in [-0.2, -0.15) is 0 Å². The van der Waals surface area contributed by atoms with Gasteiger partial charge < -0.3 is 10.2 Å². The van der Waals surface area contributed by atoms with Crippen molar-refractivity contribution in [1.29, 1.82) is 0 Å². The summed E-state index contributed by atoms with van der Waals surface area (Å²) in [4.78, 5) is 17.5. The number of nitrogens with zero attached hydrogens (tertiary/aromatic N) is 2. The molecule has 3 aromatic carbocycles. The molecular formula is C27H32N4O3S. The number of rotatable bonds is 10. The molecule has 3 aromatic rings. The maximum absolute atomic E-state index is 12.5. The smallest absolute Gasteiger partial charge is 0.261 e. The second kappa shape index (κ2) is 11.9. The van der Waals surface area contributed by atoms with E-state index in [-0.39, 0.29) is 10.8 Å². The zero-order valence-electron chi connectivity index (χ0n) is 19.8. The van der Waals surface area contributed by atoms with Crippen LogP contribution in [0.25, 0.3) is 0 Å². The van der Waals surface area contributed by atoms with Gasteiger partial charge in [0.25, 0.3) is 15.9 Å². The summed E-state index contributed by atoms with van der Waals surface area (Å²) < 4.78 is 27.6. The van der Waals surface area contributed by atoms with Crippen molar-refractivity contribution in [1.82, 2.24) is 10.2 Å². The average Bonchev–Trinajstić information content (AvgIpc) is 2.90. The Balaban J connectivity index is 1.15. The minimum Gasteiger partial charge on any atom is -0.369 e. The number of unbranched alkanes of at least 4 members (excludes halogenated alkanes) is 1. The third-order valence-corrected chi connectivity index (χ3v) is 7.53. The highest BCUT2D eigenvalue weighted by Crippen LogP contribution is 2.17. The van der Waals surface area contributed by atoms with Crippen molar-refractivity contribution in [3.63, 3.8) is 0 Å². The average molecular weight is 493 g/mol. The number of amides is 1. The maximum atomic E-state index is 12.5. The molecule has 7 nitrogen and oxygen atoms in total. The monoisotopic (exact) mass is 492 g/mol. The van der Waals surface area contributed by atoms with Gasteiger partial charge in [0.05, 0.1) is 4.90 Å². The molecule has 1 amide bonds. The number of piperazine rings is 1. The number of sulfonamides is 1. The molecule has 1 saturated heterocycles. The van der Waals surface area contributed by atoms with Crippen molar-refractivity contribution in [3.05, 3.63) is 90.5 Å². The van der Waals surface area contributed by atoms with Gasteiger partial charge in [-0.15, -0.1) is 0 Å². The number of anilines is 2. The molecule has 0 radical (unpaired) electrons. The summed E-state index contributed by atoms with van der Waals surface area (Å²) in [7, 11) is -3.70. The van der Waals surface area contributed by atoms with E-state index in [0.717, 1.165) is 45.6 Å². The first kappa shape index (κ1) is 24.8. The third-order valence-electron chi connectivity index (χ3n) is 6.13. The van der Waals surface area contributed by atoms with Crippen LogP contribution in [-0.2, 0) is 10.0 Å². The Bertz CT molecular complexity index is 1180. The normalized spacial score (nSPS) is 14.5. The van der Waals surface area contributed by atoms with Crippen molar-refractivity contribution < 1.29 is 13.2 Å². The molecule has 0 atom stereocenters. The van der Waals surface area contributed by atoms with Gasteiger partial charge in [-0.3, -0.25) is 14.4 Å².